The second kappa shape index (κ2) is 10.4. The van der Waals surface area contributed by atoms with Gasteiger partial charge in [0.2, 0.25) is 10.0 Å². The molecule has 2 amide bonds. The van der Waals surface area contributed by atoms with Crippen LogP contribution in [0.4, 0.5) is 29.3 Å². The Kier molecular flexibility index (Phi) is 7.62. The molecule has 3 aromatic carbocycles. The largest absolute Gasteiger partial charge is 0.416 e. The molecule has 6 N–H and O–H groups in total. The van der Waals surface area contributed by atoms with E-state index in [4.69, 9.17) is 10.9 Å². The molecule has 0 saturated carbocycles. The zero-order valence-corrected chi connectivity index (χ0v) is 18.7. The minimum atomic E-state index is -4.53. The van der Waals surface area contributed by atoms with Gasteiger partial charge in [-0.2, -0.15) is 13.2 Å². The van der Waals surface area contributed by atoms with Gasteiger partial charge in [-0.1, -0.05) is 35.5 Å². The van der Waals surface area contributed by atoms with E-state index in [1.165, 1.54) is 42.5 Å². The van der Waals surface area contributed by atoms with E-state index in [-0.39, 0.29) is 28.5 Å². The number of nitrogens with two attached hydrogens (primary N) is 1. The first-order valence-electron chi connectivity index (χ1n) is 9.90. The third kappa shape index (κ3) is 6.94. The molecule has 0 aromatic heterocycles. The van der Waals surface area contributed by atoms with Crippen LogP contribution in [-0.2, 0) is 22.7 Å². The molecule has 0 heterocycles. The number of hydrogen-bond acceptors (Lipinski definition) is 5. The van der Waals surface area contributed by atoms with Crippen molar-refractivity contribution in [2.24, 2.45) is 10.9 Å². The number of halogens is 3. The first kappa shape index (κ1) is 25.5. The molecule has 3 rings (SSSR count). The average molecular weight is 507 g/mol. The minimum Gasteiger partial charge on any atom is -0.409 e. The summed E-state index contributed by atoms with van der Waals surface area (Å²) < 4.78 is 65.7. The highest BCUT2D eigenvalue weighted by Crippen LogP contribution is 2.29. The van der Waals surface area contributed by atoms with E-state index in [1.807, 2.05) is 0 Å². The van der Waals surface area contributed by atoms with Crippen LogP contribution in [0.2, 0.25) is 0 Å². The van der Waals surface area contributed by atoms with Crippen LogP contribution in [0, 0.1) is 0 Å². The predicted molar refractivity (Wildman–Crippen MR) is 124 cm³/mol. The molecule has 0 aliphatic rings. The van der Waals surface area contributed by atoms with E-state index in [9.17, 15) is 26.4 Å². The lowest BCUT2D eigenvalue weighted by Gasteiger charge is -2.11. The molecular formula is C22H20F3N5O4S. The maximum absolute atomic E-state index is 12.8. The van der Waals surface area contributed by atoms with E-state index < -0.39 is 27.8 Å². The van der Waals surface area contributed by atoms with Crippen molar-refractivity contribution in [3.63, 3.8) is 0 Å². The number of carbonyl (C=O) groups excluding carboxylic acids is 1. The summed E-state index contributed by atoms with van der Waals surface area (Å²) in [5.74, 6) is -0.132. The molecule has 0 atom stereocenters. The lowest BCUT2D eigenvalue weighted by atomic mass is 10.1. The molecular weight excluding hydrogens is 487 g/mol. The highest BCUT2D eigenvalue weighted by Gasteiger charge is 2.30. The number of hydrogen-bond donors (Lipinski definition) is 5. The van der Waals surface area contributed by atoms with Crippen LogP contribution in [0.25, 0.3) is 0 Å². The molecule has 9 nitrogen and oxygen atoms in total. The third-order valence-electron chi connectivity index (χ3n) is 4.67. The van der Waals surface area contributed by atoms with Gasteiger partial charge in [-0.3, -0.25) is 0 Å². The molecule has 35 heavy (non-hydrogen) atoms. The number of carbonyl (C=O) groups is 1. The number of benzene rings is 3. The van der Waals surface area contributed by atoms with Gasteiger partial charge in [0, 0.05) is 23.5 Å². The Morgan fingerprint density at radius 1 is 0.943 bits per heavy atom. The standard InChI is InChI=1S/C22H20F3N5O4S/c23-22(24,25)16-5-1-3-14(11-16)13-27-35(33,34)19-9-7-17(8-10-19)28-21(31)29-18-6-2-4-15(12-18)20(26)30-32/h1-12,27,32H,13H2,(H2,26,30)(H2,28,29,31). The van der Waals surface area contributed by atoms with Crippen molar-refractivity contribution >= 4 is 33.3 Å². The summed E-state index contributed by atoms with van der Waals surface area (Å²) >= 11 is 0. The van der Waals surface area contributed by atoms with Crippen molar-refractivity contribution in [1.82, 2.24) is 4.72 Å². The fraction of sp³-hybridized carbons (Fsp3) is 0.0909. The molecule has 0 bridgehead atoms. The van der Waals surface area contributed by atoms with Gasteiger partial charge in [-0.05, 0) is 48.0 Å². The van der Waals surface area contributed by atoms with Crippen molar-refractivity contribution in [1.29, 1.82) is 0 Å². The van der Waals surface area contributed by atoms with Crippen molar-refractivity contribution in [3.05, 3.63) is 89.5 Å². The zero-order chi connectivity index (χ0) is 25.6. The maximum atomic E-state index is 12.8. The van der Waals surface area contributed by atoms with E-state index in [1.54, 1.807) is 18.2 Å². The maximum Gasteiger partial charge on any atom is 0.416 e. The van der Waals surface area contributed by atoms with E-state index in [0.29, 0.717) is 11.3 Å². The second-order valence-electron chi connectivity index (χ2n) is 7.19. The molecule has 0 saturated heterocycles. The molecule has 0 spiro atoms. The van der Waals surface area contributed by atoms with E-state index in [0.717, 1.165) is 12.1 Å². The summed E-state index contributed by atoms with van der Waals surface area (Å²) in [6.45, 7) is -0.334. The van der Waals surface area contributed by atoms with E-state index >= 15 is 0 Å². The molecule has 0 unspecified atom stereocenters. The number of sulfonamides is 1. The van der Waals surface area contributed by atoms with Crippen LogP contribution in [0.15, 0.2) is 82.8 Å². The van der Waals surface area contributed by atoms with Crippen molar-refractivity contribution in [2.45, 2.75) is 17.6 Å². The van der Waals surface area contributed by atoms with Gasteiger partial charge in [-0.15, -0.1) is 0 Å². The fourth-order valence-corrected chi connectivity index (χ4v) is 3.96. The van der Waals surface area contributed by atoms with Gasteiger partial charge >= 0.3 is 12.2 Å². The van der Waals surface area contributed by atoms with Crippen LogP contribution in [-0.4, -0.2) is 25.5 Å². The average Bonchev–Trinajstić information content (AvgIpc) is 2.82. The van der Waals surface area contributed by atoms with Gasteiger partial charge in [0.05, 0.1) is 10.5 Å². The molecule has 3 aromatic rings. The highest BCUT2D eigenvalue weighted by atomic mass is 32.2. The predicted octanol–water partition coefficient (Wildman–Crippen LogP) is 3.92. The summed E-state index contributed by atoms with van der Waals surface area (Å²) in [6, 6.07) is 15.1. The SMILES string of the molecule is NC(=NO)c1cccc(NC(=O)Nc2ccc(S(=O)(=O)NCc3cccc(C(F)(F)F)c3)cc2)c1. The smallest absolute Gasteiger partial charge is 0.409 e. The quantitative estimate of drug-likeness (QED) is 0.142. The van der Waals surface area contributed by atoms with Crippen LogP contribution < -0.4 is 21.1 Å². The summed E-state index contributed by atoms with van der Waals surface area (Å²) in [4.78, 5) is 12.1. The van der Waals surface area contributed by atoms with Crippen LogP contribution >= 0.6 is 0 Å². The number of urea groups is 1. The molecule has 0 aliphatic carbocycles. The van der Waals surface area contributed by atoms with Gasteiger partial charge in [0.15, 0.2) is 5.84 Å². The minimum absolute atomic E-state index is 0.132. The Hall–Kier alpha value is -4.10. The third-order valence-corrected chi connectivity index (χ3v) is 6.08. The second-order valence-corrected chi connectivity index (χ2v) is 8.96. The summed E-state index contributed by atoms with van der Waals surface area (Å²) in [5, 5.41) is 16.7. The monoisotopic (exact) mass is 507 g/mol. The van der Waals surface area contributed by atoms with E-state index in [2.05, 4.69) is 20.5 Å². The van der Waals surface area contributed by atoms with Crippen molar-refractivity contribution < 1.29 is 31.6 Å². The molecule has 0 radical (unpaired) electrons. The number of oxime groups is 1. The summed E-state index contributed by atoms with van der Waals surface area (Å²) in [7, 11) is -4.02. The first-order chi connectivity index (χ1) is 16.5. The van der Waals surface area contributed by atoms with Gasteiger partial charge in [0.25, 0.3) is 0 Å². The van der Waals surface area contributed by atoms with Crippen molar-refractivity contribution in [2.75, 3.05) is 10.6 Å². The summed E-state index contributed by atoms with van der Waals surface area (Å²) in [5.41, 5.74) is 5.83. The van der Waals surface area contributed by atoms with Gasteiger partial charge in [0.1, 0.15) is 0 Å². The fourth-order valence-electron chi connectivity index (χ4n) is 2.94. The number of amides is 2. The van der Waals surface area contributed by atoms with Crippen LogP contribution in [0.1, 0.15) is 16.7 Å². The topological polar surface area (TPSA) is 146 Å². The Balaban J connectivity index is 1.61. The number of nitrogens with zero attached hydrogens (tertiary/aromatic N) is 1. The van der Waals surface area contributed by atoms with Gasteiger partial charge < -0.3 is 21.6 Å². The number of anilines is 2. The van der Waals surface area contributed by atoms with Crippen LogP contribution in [0.5, 0.6) is 0 Å². The number of rotatable bonds is 7. The number of nitrogens with one attached hydrogen (secondary N) is 3. The van der Waals surface area contributed by atoms with Crippen LogP contribution in [0.3, 0.4) is 0 Å². The lowest BCUT2D eigenvalue weighted by molar-refractivity contribution is -0.137. The Bertz CT molecular complexity index is 1340. The normalized spacial score (nSPS) is 12.3. The number of amidine groups is 1. The van der Waals surface area contributed by atoms with Gasteiger partial charge in [-0.25, -0.2) is 17.9 Å². The van der Waals surface area contributed by atoms with Crippen molar-refractivity contribution in [3.8, 4) is 0 Å². The molecule has 13 heteroatoms. The Labute approximate surface area is 198 Å². The first-order valence-corrected chi connectivity index (χ1v) is 11.4. The Morgan fingerprint density at radius 2 is 1.60 bits per heavy atom. The number of alkyl halides is 3. The summed E-state index contributed by atoms with van der Waals surface area (Å²) in [6.07, 6.45) is -4.53. The Morgan fingerprint density at radius 3 is 2.26 bits per heavy atom. The molecule has 0 aliphatic heterocycles. The highest BCUT2D eigenvalue weighted by molar-refractivity contribution is 7.89. The molecule has 184 valence electrons. The molecule has 0 fully saturated rings. The zero-order valence-electron chi connectivity index (χ0n) is 17.9. The lowest BCUT2D eigenvalue weighted by Crippen LogP contribution is -2.23.